The first-order chi connectivity index (χ1) is 6.94. The Morgan fingerprint density at radius 3 is 1.73 bits per heavy atom. The molecular weight excluding hydrogens is 211 g/mol. The third-order valence-electron chi connectivity index (χ3n) is 2.39. The van der Waals surface area contributed by atoms with Crippen molar-refractivity contribution >= 4 is 12.9 Å². The van der Waals surface area contributed by atoms with Gasteiger partial charge in [-0.1, -0.05) is 17.7 Å². The van der Waals surface area contributed by atoms with Gasteiger partial charge in [-0.05, 0) is 31.9 Å². The molecule has 0 aliphatic heterocycles. The SMILES string of the molecule is COP(=O)(OC)c1c(C)cc(C)cc1C. The molecule has 0 unspecified atom stereocenters. The van der Waals surface area contributed by atoms with E-state index in [9.17, 15) is 4.57 Å². The number of aryl methyl sites for hydroxylation is 3. The summed E-state index contributed by atoms with van der Waals surface area (Å²) in [5.41, 5.74) is 3.03. The molecule has 1 aromatic rings. The van der Waals surface area contributed by atoms with Crippen molar-refractivity contribution in [1.82, 2.24) is 0 Å². The lowest BCUT2D eigenvalue weighted by molar-refractivity contribution is 0.287. The Morgan fingerprint density at radius 2 is 1.40 bits per heavy atom. The second-order valence-electron chi connectivity index (χ2n) is 3.61. The molecule has 0 saturated carbocycles. The van der Waals surface area contributed by atoms with Crippen LogP contribution in [0.4, 0.5) is 0 Å². The van der Waals surface area contributed by atoms with Gasteiger partial charge in [-0.25, -0.2) is 0 Å². The molecule has 15 heavy (non-hydrogen) atoms. The summed E-state index contributed by atoms with van der Waals surface area (Å²) in [6.45, 7) is 5.84. The van der Waals surface area contributed by atoms with Crippen molar-refractivity contribution in [3.05, 3.63) is 28.8 Å². The maximum Gasteiger partial charge on any atom is 0.361 e. The van der Waals surface area contributed by atoms with E-state index in [1.165, 1.54) is 14.2 Å². The molecule has 0 atom stereocenters. The summed E-state index contributed by atoms with van der Waals surface area (Å²) in [6.07, 6.45) is 0. The second-order valence-corrected chi connectivity index (χ2v) is 5.78. The van der Waals surface area contributed by atoms with E-state index in [1.807, 2.05) is 32.9 Å². The number of rotatable bonds is 3. The molecule has 0 bridgehead atoms. The molecule has 1 rings (SSSR count). The molecule has 0 amide bonds. The van der Waals surface area contributed by atoms with Crippen molar-refractivity contribution < 1.29 is 13.6 Å². The molecule has 0 N–H and O–H groups in total. The Labute approximate surface area is 90.9 Å². The first kappa shape index (κ1) is 12.4. The first-order valence-electron chi connectivity index (χ1n) is 4.74. The lowest BCUT2D eigenvalue weighted by Gasteiger charge is -2.18. The second kappa shape index (κ2) is 4.48. The summed E-state index contributed by atoms with van der Waals surface area (Å²) in [4.78, 5) is 0. The van der Waals surface area contributed by atoms with Gasteiger partial charge in [0.1, 0.15) is 0 Å². The molecule has 0 aromatic heterocycles. The van der Waals surface area contributed by atoms with Gasteiger partial charge in [0, 0.05) is 14.2 Å². The molecule has 84 valence electrons. The van der Waals surface area contributed by atoms with Crippen molar-refractivity contribution in [2.75, 3.05) is 14.2 Å². The standard InChI is InChI=1S/C11H17O3P/c1-8-6-9(2)11(10(3)7-8)15(12,13-4)14-5/h6-7H,1-5H3. The van der Waals surface area contributed by atoms with Crippen molar-refractivity contribution in [2.45, 2.75) is 20.8 Å². The van der Waals surface area contributed by atoms with Gasteiger partial charge < -0.3 is 9.05 Å². The third-order valence-corrected chi connectivity index (χ3v) is 4.60. The minimum absolute atomic E-state index is 0.679. The fourth-order valence-electron chi connectivity index (χ4n) is 1.86. The van der Waals surface area contributed by atoms with E-state index < -0.39 is 7.60 Å². The van der Waals surface area contributed by atoms with Gasteiger partial charge in [-0.2, -0.15) is 0 Å². The topological polar surface area (TPSA) is 35.5 Å². The van der Waals surface area contributed by atoms with Crippen LogP contribution in [0, 0.1) is 20.8 Å². The van der Waals surface area contributed by atoms with E-state index in [4.69, 9.17) is 9.05 Å². The quantitative estimate of drug-likeness (QED) is 0.746. The van der Waals surface area contributed by atoms with Gasteiger partial charge in [0.05, 0.1) is 5.30 Å². The minimum atomic E-state index is -3.13. The predicted octanol–water partition coefficient (Wildman–Crippen LogP) is 2.72. The van der Waals surface area contributed by atoms with E-state index in [0.29, 0.717) is 5.30 Å². The summed E-state index contributed by atoms with van der Waals surface area (Å²) >= 11 is 0. The molecule has 0 saturated heterocycles. The molecule has 0 aliphatic rings. The molecule has 0 radical (unpaired) electrons. The van der Waals surface area contributed by atoms with Crippen molar-refractivity contribution in [1.29, 1.82) is 0 Å². The van der Waals surface area contributed by atoms with Crippen LogP contribution in [0.25, 0.3) is 0 Å². The van der Waals surface area contributed by atoms with E-state index >= 15 is 0 Å². The molecule has 4 heteroatoms. The van der Waals surface area contributed by atoms with Crippen LogP contribution in [-0.2, 0) is 13.6 Å². The van der Waals surface area contributed by atoms with Crippen LogP contribution in [0.3, 0.4) is 0 Å². The number of benzene rings is 1. The summed E-state index contributed by atoms with van der Waals surface area (Å²) in [5.74, 6) is 0. The zero-order valence-corrected chi connectivity index (χ0v) is 10.7. The predicted molar refractivity (Wildman–Crippen MR) is 61.9 cm³/mol. The van der Waals surface area contributed by atoms with E-state index in [2.05, 4.69) is 0 Å². The molecule has 3 nitrogen and oxygen atoms in total. The Hall–Kier alpha value is -0.630. The minimum Gasteiger partial charge on any atom is -0.309 e. The van der Waals surface area contributed by atoms with Crippen LogP contribution in [0.2, 0.25) is 0 Å². The average molecular weight is 228 g/mol. The molecule has 0 aliphatic carbocycles. The first-order valence-corrected chi connectivity index (χ1v) is 6.29. The summed E-state index contributed by atoms with van der Waals surface area (Å²) in [5, 5.41) is 0.679. The Morgan fingerprint density at radius 1 is 1.00 bits per heavy atom. The maximum atomic E-state index is 12.3. The highest BCUT2D eigenvalue weighted by atomic mass is 31.2. The van der Waals surface area contributed by atoms with Crippen molar-refractivity contribution in [2.24, 2.45) is 0 Å². The summed E-state index contributed by atoms with van der Waals surface area (Å²) < 4.78 is 22.3. The molecule has 0 fully saturated rings. The largest absolute Gasteiger partial charge is 0.361 e. The molecular formula is C11H17O3P. The summed E-state index contributed by atoms with van der Waals surface area (Å²) in [6, 6.07) is 3.96. The van der Waals surface area contributed by atoms with Gasteiger partial charge in [-0.3, -0.25) is 4.57 Å². The highest BCUT2D eigenvalue weighted by Crippen LogP contribution is 2.46. The summed E-state index contributed by atoms with van der Waals surface area (Å²) in [7, 11) is -0.317. The average Bonchev–Trinajstić information content (AvgIpc) is 2.15. The van der Waals surface area contributed by atoms with E-state index in [1.54, 1.807) is 0 Å². The fourth-order valence-corrected chi connectivity index (χ4v) is 3.37. The van der Waals surface area contributed by atoms with Gasteiger partial charge in [0.25, 0.3) is 0 Å². The number of hydrogen-bond donors (Lipinski definition) is 0. The fraction of sp³-hybridized carbons (Fsp3) is 0.455. The van der Waals surface area contributed by atoms with Crippen molar-refractivity contribution in [3.63, 3.8) is 0 Å². The van der Waals surface area contributed by atoms with Gasteiger partial charge in [0.2, 0.25) is 0 Å². The van der Waals surface area contributed by atoms with Crippen LogP contribution in [0.5, 0.6) is 0 Å². The van der Waals surface area contributed by atoms with Gasteiger partial charge in [-0.15, -0.1) is 0 Å². The Kier molecular flexibility index (Phi) is 3.72. The molecule has 0 heterocycles. The van der Waals surface area contributed by atoms with Crippen LogP contribution in [0.15, 0.2) is 12.1 Å². The van der Waals surface area contributed by atoms with Crippen molar-refractivity contribution in [3.8, 4) is 0 Å². The zero-order chi connectivity index (χ0) is 11.6. The van der Waals surface area contributed by atoms with E-state index in [0.717, 1.165) is 16.7 Å². The number of hydrogen-bond acceptors (Lipinski definition) is 3. The molecule has 1 aromatic carbocycles. The van der Waals surface area contributed by atoms with Gasteiger partial charge in [0.15, 0.2) is 0 Å². The smallest absolute Gasteiger partial charge is 0.309 e. The maximum absolute atomic E-state index is 12.3. The highest BCUT2D eigenvalue weighted by Gasteiger charge is 2.28. The zero-order valence-electron chi connectivity index (χ0n) is 9.83. The third kappa shape index (κ3) is 2.31. The lowest BCUT2D eigenvalue weighted by Crippen LogP contribution is -2.15. The van der Waals surface area contributed by atoms with Crippen LogP contribution < -0.4 is 5.30 Å². The van der Waals surface area contributed by atoms with E-state index in [-0.39, 0.29) is 0 Å². The monoisotopic (exact) mass is 228 g/mol. The Balaban J connectivity index is 3.43. The van der Waals surface area contributed by atoms with Crippen LogP contribution >= 0.6 is 7.60 Å². The van der Waals surface area contributed by atoms with Crippen LogP contribution in [-0.4, -0.2) is 14.2 Å². The molecule has 0 spiro atoms. The van der Waals surface area contributed by atoms with Gasteiger partial charge >= 0.3 is 7.60 Å². The van der Waals surface area contributed by atoms with Crippen LogP contribution in [0.1, 0.15) is 16.7 Å². The Bertz CT molecular complexity index is 381. The lowest BCUT2D eigenvalue weighted by atomic mass is 10.1. The normalized spacial score (nSPS) is 11.8. The highest BCUT2D eigenvalue weighted by molar-refractivity contribution is 7.62.